The first-order valence-electron chi connectivity index (χ1n) is 8.73. The largest absolute Gasteiger partial charge is 0.497 e. The number of hydrogen-bond donors (Lipinski definition) is 1. The molecule has 1 N–H and O–H groups in total. The Kier molecular flexibility index (Phi) is 6.89. The molecule has 6 nitrogen and oxygen atoms in total. The normalized spacial score (nSPS) is 10.6. The number of amides is 1. The molecule has 8 heteroatoms. The molecule has 0 spiro atoms. The van der Waals surface area contributed by atoms with E-state index in [1.54, 1.807) is 13.3 Å². The Hall–Kier alpha value is -2.58. The second kappa shape index (κ2) is 9.57. The van der Waals surface area contributed by atoms with Gasteiger partial charge < -0.3 is 10.1 Å². The topological polar surface area (TPSA) is 73.2 Å². The van der Waals surface area contributed by atoms with E-state index in [1.807, 2.05) is 47.2 Å². The number of methoxy groups -OCH3 is 1. The van der Waals surface area contributed by atoms with Crippen LogP contribution in [-0.4, -0.2) is 40.6 Å². The van der Waals surface area contributed by atoms with Crippen molar-refractivity contribution in [2.45, 2.75) is 18.5 Å². The van der Waals surface area contributed by atoms with Crippen molar-refractivity contribution < 1.29 is 14.3 Å². The van der Waals surface area contributed by atoms with Gasteiger partial charge in [-0.3, -0.25) is 14.2 Å². The number of benzene rings is 1. The van der Waals surface area contributed by atoms with E-state index >= 15 is 0 Å². The van der Waals surface area contributed by atoms with E-state index in [-0.39, 0.29) is 11.7 Å². The minimum Gasteiger partial charge on any atom is -0.497 e. The molecular weight excluding hydrogens is 394 g/mol. The van der Waals surface area contributed by atoms with Gasteiger partial charge in [-0.1, -0.05) is 11.8 Å². The fourth-order valence-electron chi connectivity index (χ4n) is 2.56. The fourth-order valence-corrected chi connectivity index (χ4v) is 4.45. The first-order valence-corrected chi connectivity index (χ1v) is 10.5. The first-order chi connectivity index (χ1) is 13.6. The van der Waals surface area contributed by atoms with E-state index in [9.17, 15) is 9.59 Å². The third kappa shape index (κ3) is 5.24. The molecule has 0 atom stereocenters. The lowest BCUT2D eigenvalue weighted by Crippen LogP contribution is -2.22. The Bertz CT molecular complexity index is 948. The highest BCUT2D eigenvalue weighted by molar-refractivity contribution is 7.99. The highest BCUT2D eigenvalue weighted by Crippen LogP contribution is 2.25. The number of Topliss-reactive ketones (excluding diaryl/α,β-unsaturated/α-hetero) is 1. The zero-order valence-corrected chi connectivity index (χ0v) is 17.3. The molecule has 0 unspecified atom stereocenters. The van der Waals surface area contributed by atoms with Crippen LogP contribution in [0.15, 0.2) is 53.9 Å². The quantitative estimate of drug-likeness (QED) is 0.427. The lowest BCUT2D eigenvalue weighted by atomic mass is 10.3. The summed E-state index contributed by atoms with van der Waals surface area (Å²) in [5, 5.41) is 3.53. The molecule has 0 saturated carbocycles. The van der Waals surface area contributed by atoms with E-state index in [2.05, 4.69) is 10.3 Å². The molecule has 3 aromatic rings. The van der Waals surface area contributed by atoms with Crippen molar-refractivity contribution in [2.24, 2.45) is 0 Å². The van der Waals surface area contributed by atoms with E-state index < -0.39 is 0 Å². The van der Waals surface area contributed by atoms with Crippen molar-refractivity contribution in [3.8, 4) is 11.4 Å². The molecule has 0 aliphatic heterocycles. The standard InChI is InChI=1S/C20H21N3O3S2/c1-14(24)21-10-9-17-7-8-19(28-17)18(25)13-27-20-22-11-12-23(20)15-3-5-16(26-2)6-4-15/h3-8,11-12H,9-10,13H2,1-2H3,(H,21,24). The number of rotatable bonds is 9. The Morgan fingerprint density at radius 1 is 1.21 bits per heavy atom. The number of nitrogens with one attached hydrogen (secondary N) is 1. The Balaban J connectivity index is 1.59. The smallest absolute Gasteiger partial charge is 0.216 e. The van der Waals surface area contributed by atoms with Crippen LogP contribution < -0.4 is 10.1 Å². The van der Waals surface area contributed by atoms with Crippen LogP contribution >= 0.6 is 23.1 Å². The summed E-state index contributed by atoms with van der Waals surface area (Å²) < 4.78 is 7.14. The molecule has 0 bridgehead atoms. The van der Waals surface area contributed by atoms with Gasteiger partial charge in [0.05, 0.1) is 17.7 Å². The van der Waals surface area contributed by atoms with Gasteiger partial charge in [0.2, 0.25) is 5.91 Å². The summed E-state index contributed by atoms with van der Waals surface area (Å²) in [5.41, 5.74) is 0.963. The van der Waals surface area contributed by atoms with E-state index in [0.717, 1.165) is 32.8 Å². The highest BCUT2D eigenvalue weighted by atomic mass is 32.2. The van der Waals surface area contributed by atoms with Crippen molar-refractivity contribution in [2.75, 3.05) is 19.4 Å². The summed E-state index contributed by atoms with van der Waals surface area (Å²) in [6.07, 6.45) is 4.33. The molecule has 1 aromatic carbocycles. The average Bonchev–Trinajstić information content (AvgIpc) is 3.35. The summed E-state index contributed by atoms with van der Waals surface area (Å²) in [6.45, 7) is 2.08. The molecule has 0 aliphatic rings. The molecule has 0 radical (unpaired) electrons. The first kappa shape index (κ1) is 20.2. The van der Waals surface area contributed by atoms with Crippen LogP contribution in [-0.2, 0) is 11.2 Å². The molecule has 0 saturated heterocycles. The molecule has 1 amide bonds. The average molecular weight is 416 g/mol. The molecule has 2 aromatic heterocycles. The van der Waals surface area contributed by atoms with Gasteiger partial charge in [-0.2, -0.15) is 0 Å². The van der Waals surface area contributed by atoms with Crippen molar-refractivity contribution in [3.05, 3.63) is 58.5 Å². The maximum atomic E-state index is 12.5. The van der Waals surface area contributed by atoms with Gasteiger partial charge in [0.15, 0.2) is 10.9 Å². The summed E-state index contributed by atoms with van der Waals surface area (Å²) in [7, 11) is 1.63. The maximum absolute atomic E-state index is 12.5. The van der Waals surface area contributed by atoms with Crippen molar-refractivity contribution in [1.82, 2.24) is 14.9 Å². The minimum atomic E-state index is -0.0448. The van der Waals surface area contributed by atoms with Gasteiger partial charge in [0.25, 0.3) is 0 Å². The number of nitrogens with zero attached hydrogens (tertiary/aromatic N) is 2. The predicted molar refractivity (Wildman–Crippen MR) is 112 cm³/mol. The summed E-state index contributed by atoms with van der Waals surface area (Å²) in [4.78, 5) is 29.6. The van der Waals surface area contributed by atoms with Crippen LogP contribution in [0.2, 0.25) is 0 Å². The van der Waals surface area contributed by atoms with Gasteiger partial charge in [0.1, 0.15) is 5.75 Å². The number of aromatic nitrogens is 2. The van der Waals surface area contributed by atoms with Gasteiger partial charge in [-0.15, -0.1) is 11.3 Å². The van der Waals surface area contributed by atoms with E-state index in [1.165, 1.54) is 30.0 Å². The van der Waals surface area contributed by atoms with Gasteiger partial charge >= 0.3 is 0 Å². The molecular formula is C20H21N3O3S2. The Morgan fingerprint density at radius 2 is 2.00 bits per heavy atom. The van der Waals surface area contributed by atoms with Crippen molar-refractivity contribution in [3.63, 3.8) is 0 Å². The van der Waals surface area contributed by atoms with Crippen LogP contribution in [0.5, 0.6) is 5.75 Å². The number of ether oxygens (including phenoxy) is 1. The molecule has 28 heavy (non-hydrogen) atoms. The zero-order chi connectivity index (χ0) is 19.9. The molecule has 0 fully saturated rings. The number of imidazole rings is 1. The lowest BCUT2D eigenvalue weighted by molar-refractivity contribution is -0.118. The molecule has 3 rings (SSSR count). The van der Waals surface area contributed by atoms with E-state index in [0.29, 0.717) is 12.3 Å². The zero-order valence-electron chi connectivity index (χ0n) is 15.7. The van der Waals surface area contributed by atoms with Crippen molar-refractivity contribution in [1.29, 1.82) is 0 Å². The minimum absolute atomic E-state index is 0.0448. The highest BCUT2D eigenvalue weighted by Gasteiger charge is 2.13. The predicted octanol–water partition coefficient (Wildman–Crippen LogP) is 3.60. The number of thioether (sulfide) groups is 1. The van der Waals surface area contributed by atoms with Gasteiger partial charge in [-0.25, -0.2) is 4.98 Å². The van der Waals surface area contributed by atoms with E-state index in [4.69, 9.17) is 4.74 Å². The van der Waals surface area contributed by atoms with Crippen LogP contribution in [0.1, 0.15) is 21.5 Å². The van der Waals surface area contributed by atoms with Crippen LogP contribution in [0.25, 0.3) is 5.69 Å². The molecule has 2 heterocycles. The molecule has 146 valence electrons. The maximum Gasteiger partial charge on any atom is 0.216 e. The number of ketones is 1. The molecule has 0 aliphatic carbocycles. The van der Waals surface area contributed by atoms with Crippen LogP contribution in [0.4, 0.5) is 0 Å². The van der Waals surface area contributed by atoms with Crippen molar-refractivity contribution >= 4 is 34.8 Å². The Labute approximate surface area is 171 Å². The number of carbonyl (C=O) groups excluding carboxylic acids is 2. The summed E-state index contributed by atoms with van der Waals surface area (Å²) in [6, 6.07) is 11.5. The van der Waals surface area contributed by atoms with Gasteiger partial charge in [0, 0.05) is 36.4 Å². The monoisotopic (exact) mass is 415 g/mol. The van der Waals surface area contributed by atoms with Crippen LogP contribution in [0, 0.1) is 0 Å². The summed E-state index contributed by atoms with van der Waals surface area (Å²) in [5.74, 6) is 1.14. The Morgan fingerprint density at radius 3 is 2.71 bits per heavy atom. The third-order valence-corrected chi connectivity index (χ3v) is 6.12. The van der Waals surface area contributed by atoms with Crippen LogP contribution in [0.3, 0.4) is 0 Å². The fraction of sp³-hybridized carbons (Fsp3) is 0.250. The second-order valence-electron chi connectivity index (χ2n) is 5.99. The summed E-state index contributed by atoms with van der Waals surface area (Å²) >= 11 is 2.89. The number of carbonyl (C=O) groups is 2. The number of thiophene rings is 1. The SMILES string of the molecule is COc1ccc(-n2ccnc2SCC(=O)c2ccc(CCNC(C)=O)s2)cc1. The van der Waals surface area contributed by atoms with Gasteiger partial charge in [-0.05, 0) is 42.8 Å². The number of hydrogen-bond acceptors (Lipinski definition) is 6. The third-order valence-electron chi connectivity index (χ3n) is 3.97. The lowest BCUT2D eigenvalue weighted by Gasteiger charge is -2.08. The second-order valence-corrected chi connectivity index (χ2v) is 8.10.